The zero-order valence-electron chi connectivity index (χ0n) is 15.7. The Bertz CT molecular complexity index is 979. The van der Waals surface area contributed by atoms with Crippen molar-refractivity contribution in [1.82, 2.24) is 5.32 Å². The highest BCUT2D eigenvalue weighted by Crippen LogP contribution is 2.31. The molecule has 0 aliphatic carbocycles. The SMILES string of the molecule is CCOc1cccc2cc(C(C)NC(=O)c3cccc(CS(C)=O)c3)oc12. The zero-order chi connectivity index (χ0) is 19.4. The Hall–Kier alpha value is -2.60. The van der Waals surface area contributed by atoms with E-state index >= 15 is 0 Å². The normalized spacial score (nSPS) is 13.3. The van der Waals surface area contributed by atoms with Crippen molar-refractivity contribution < 1.29 is 18.2 Å². The lowest BCUT2D eigenvalue weighted by atomic mass is 10.1. The van der Waals surface area contributed by atoms with Crippen molar-refractivity contribution in [2.75, 3.05) is 12.9 Å². The molecule has 5 nitrogen and oxygen atoms in total. The van der Waals surface area contributed by atoms with Gasteiger partial charge in [0.15, 0.2) is 11.3 Å². The number of amides is 1. The first-order valence-electron chi connectivity index (χ1n) is 8.83. The third-order valence-corrected chi connectivity index (χ3v) is 4.90. The molecule has 2 atom stereocenters. The molecule has 0 saturated heterocycles. The maximum absolute atomic E-state index is 12.6. The standard InChI is InChI=1S/C21H23NO4S/c1-4-25-18-10-6-8-16-12-19(26-20(16)18)14(2)22-21(23)17-9-5-7-15(11-17)13-27(3)24/h5-12,14H,4,13H2,1-3H3,(H,22,23). The minimum absolute atomic E-state index is 0.197. The van der Waals surface area contributed by atoms with Crippen LogP contribution in [-0.2, 0) is 16.6 Å². The molecule has 3 rings (SSSR count). The molecule has 1 aromatic heterocycles. The van der Waals surface area contributed by atoms with E-state index in [4.69, 9.17) is 9.15 Å². The van der Waals surface area contributed by atoms with E-state index in [1.54, 1.807) is 24.5 Å². The first kappa shape index (κ1) is 19.2. The molecule has 142 valence electrons. The van der Waals surface area contributed by atoms with Gasteiger partial charge in [0, 0.05) is 33.8 Å². The average Bonchev–Trinajstić information content (AvgIpc) is 3.07. The summed E-state index contributed by atoms with van der Waals surface area (Å²) < 4.78 is 23.0. The number of ether oxygens (including phenoxy) is 1. The molecule has 3 aromatic rings. The third kappa shape index (κ3) is 4.57. The molecule has 0 saturated carbocycles. The summed E-state index contributed by atoms with van der Waals surface area (Å²) in [6.07, 6.45) is 1.65. The molecule has 0 aliphatic rings. The van der Waals surface area contributed by atoms with Crippen LogP contribution in [0.4, 0.5) is 0 Å². The van der Waals surface area contributed by atoms with Crippen LogP contribution in [0, 0.1) is 0 Å². The van der Waals surface area contributed by atoms with Crippen molar-refractivity contribution in [2.45, 2.75) is 25.6 Å². The number of fused-ring (bicyclic) bond motifs is 1. The van der Waals surface area contributed by atoms with Crippen LogP contribution in [0.2, 0.25) is 0 Å². The predicted molar refractivity (Wildman–Crippen MR) is 107 cm³/mol. The summed E-state index contributed by atoms with van der Waals surface area (Å²) in [6.45, 7) is 4.36. The zero-order valence-corrected chi connectivity index (χ0v) is 16.5. The molecule has 0 radical (unpaired) electrons. The van der Waals surface area contributed by atoms with E-state index in [2.05, 4.69) is 5.32 Å². The minimum Gasteiger partial charge on any atom is -0.490 e. The lowest BCUT2D eigenvalue weighted by Crippen LogP contribution is -2.26. The van der Waals surface area contributed by atoms with Crippen LogP contribution in [-0.4, -0.2) is 23.0 Å². The van der Waals surface area contributed by atoms with Crippen molar-refractivity contribution in [3.63, 3.8) is 0 Å². The first-order valence-corrected chi connectivity index (χ1v) is 10.6. The fourth-order valence-electron chi connectivity index (χ4n) is 2.93. The van der Waals surface area contributed by atoms with Gasteiger partial charge in [-0.3, -0.25) is 9.00 Å². The first-order chi connectivity index (χ1) is 13.0. The highest BCUT2D eigenvalue weighted by atomic mass is 32.2. The number of hydrogen-bond donors (Lipinski definition) is 1. The van der Waals surface area contributed by atoms with E-state index in [0.717, 1.165) is 10.9 Å². The molecule has 27 heavy (non-hydrogen) atoms. The number of para-hydroxylation sites is 1. The Labute approximate surface area is 161 Å². The van der Waals surface area contributed by atoms with Crippen LogP contribution in [0.25, 0.3) is 11.0 Å². The van der Waals surface area contributed by atoms with Crippen LogP contribution in [0.1, 0.15) is 41.6 Å². The van der Waals surface area contributed by atoms with Crippen LogP contribution >= 0.6 is 0 Å². The Kier molecular flexibility index (Phi) is 5.96. The predicted octanol–water partition coefficient (Wildman–Crippen LogP) is 4.20. The second kappa shape index (κ2) is 8.39. The summed E-state index contributed by atoms with van der Waals surface area (Å²) in [4.78, 5) is 12.6. The van der Waals surface area contributed by atoms with Gasteiger partial charge in [0.1, 0.15) is 5.76 Å². The average molecular weight is 385 g/mol. The highest BCUT2D eigenvalue weighted by Gasteiger charge is 2.17. The number of rotatable bonds is 7. The smallest absolute Gasteiger partial charge is 0.251 e. The number of carbonyl (C=O) groups is 1. The summed E-state index contributed by atoms with van der Waals surface area (Å²) >= 11 is 0. The molecular weight excluding hydrogens is 362 g/mol. The van der Waals surface area contributed by atoms with E-state index < -0.39 is 10.8 Å². The Morgan fingerprint density at radius 3 is 2.74 bits per heavy atom. The monoisotopic (exact) mass is 385 g/mol. The Morgan fingerprint density at radius 2 is 2.00 bits per heavy atom. The van der Waals surface area contributed by atoms with Gasteiger partial charge < -0.3 is 14.5 Å². The third-order valence-electron chi connectivity index (χ3n) is 4.16. The van der Waals surface area contributed by atoms with E-state index in [1.807, 2.05) is 44.2 Å². The van der Waals surface area contributed by atoms with Gasteiger partial charge in [0.05, 0.1) is 12.6 Å². The van der Waals surface area contributed by atoms with Crippen molar-refractivity contribution in [3.8, 4) is 5.75 Å². The molecule has 2 aromatic carbocycles. The molecule has 0 aliphatic heterocycles. The molecule has 0 spiro atoms. The van der Waals surface area contributed by atoms with Gasteiger partial charge in [-0.25, -0.2) is 0 Å². The molecule has 1 heterocycles. The number of benzene rings is 2. The van der Waals surface area contributed by atoms with Gasteiger partial charge in [-0.2, -0.15) is 0 Å². The van der Waals surface area contributed by atoms with E-state index in [0.29, 0.717) is 35.0 Å². The van der Waals surface area contributed by atoms with Crippen molar-refractivity contribution in [3.05, 3.63) is 65.4 Å². The quantitative estimate of drug-likeness (QED) is 0.662. The van der Waals surface area contributed by atoms with Gasteiger partial charge in [-0.15, -0.1) is 0 Å². The van der Waals surface area contributed by atoms with Crippen molar-refractivity contribution >= 4 is 27.7 Å². The lowest BCUT2D eigenvalue weighted by Gasteiger charge is -2.12. The topological polar surface area (TPSA) is 68.5 Å². The van der Waals surface area contributed by atoms with Gasteiger partial charge in [0.2, 0.25) is 0 Å². The number of hydrogen-bond acceptors (Lipinski definition) is 4. The number of furan rings is 1. The second-order valence-electron chi connectivity index (χ2n) is 6.37. The van der Waals surface area contributed by atoms with Crippen molar-refractivity contribution in [1.29, 1.82) is 0 Å². The van der Waals surface area contributed by atoms with Crippen LogP contribution in [0.3, 0.4) is 0 Å². The van der Waals surface area contributed by atoms with Crippen LogP contribution < -0.4 is 10.1 Å². The largest absolute Gasteiger partial charge is 0.490 e. The van der Waals surface area contributed by atoms with Crippen molar-refractivity contribution in [2.24, 2.45) is 0 Å². The van der Waals surface area contributed by atoms with E-state index in [1.165, 1.54) is 0 Å². The fourth-order valence-corrected chi connectivity index (χ4v) is 3.58. The summed E-state index contributed by atoms with van der Waals surface area (Å²) in [5.41, 5.74) is 2.10. The molecule has 6 heteroatoms. The second-order valence-corrected chi connectivity index (χ2v) is 7.80. The number of nitrogens with one attached hydrogen (secondary N) is 1. The van der Waals surface area contributed by atoms with Gasteiger partial charge >= 0.3 is 0 Å². The van der Waals surface area contributed by atoms with Crippen LogP contribution in [0.15, 0.2) is 52.9 Å². The van der Waals surface area contributed by atoms with Gasteiger partial charge in [0.25, 0.3) is 5.91 Å². The summed E-state index contributed by atoms with van der Waals surface area (Å²) in [5.74, 6) is 1.59. The molecule has 0 fully saturated rings. The maximum Gasteiger partial charge on any atom is 0.251 e. The number of carbonyl (C=O) groups excluding carboxylic acids is 1. The Morgan fingerprint density at radius 1 is 1.22 bits per heavy atom. The van der Waals surface area contributed by atoms with Gasteiger partial charge in [-0.1, -0.05) is 24.3 Å². The summed E-state index contributed by atoms with van der Waals surface area (Å²) in [5, 5.41) is 3.89. The molecule has 1 N–H and O–H groups in total. The lowest BCUT2D eigenvalue weighted by molar-refractivity contribution is 0.0935. The highest BCUT2D eigenvalue weighted by molar-refractivity contribution is 7.83. The van der Waals surface area contributed by atoms with Crippen LogP contribution in [0.5, 0.6) is 5.75 Å². The Balaban J connectivity index is 1.78. The summed E-state index contributed by atoms with van der Waals surface area (Å²) in [7, 11) is -0.950. The minimum atomic E-state index is -0.950. The van der Waals surface area contributed by atoms with E-state index in [9.17, 15) is 9.00 Å². The van der Waals surface area contributed by atoms with E-state index in [-0.39, 0.29) is 11.9 Å². The summed E-state index contributed by atoms with van der Waals surface area (Å²) in [6, 6.07) is 14.5. The molecular formula is C21H23NO4S. The maximum atomic E-state index is 12.6. The van der Waals surface area contributed by atoms with Gasteiger partial charge in [-0.05, 0) is 43.7 Å². The molecule has 1 amide bonds. The molecule has 0 bridgehead atoms. The molecule has 2 unspecified atom stereocenters. The fraction of sp³-hybridized carbons (Fsp3) is 0.286.